The van der Waals surface area contributed by atoms with Crippen LogP contribution in [-0.4, -0.2) is 73.5 Å². The van der Waals surface area contributed by atoms with E-state index < -0.39 is 9.84 Å². The van der Waals surface area contributed by atoms with Crippen LogP contribution in [0.15, 0.2) is 29.3 Å². The molecule has 0 saturated carbocycles. The second-order valence-electron chi connectivity index (χ2n) is 5.59. The third-order valence-electron chi connectivity index (χ3n) is 3.22. The van der Waals surface area contributed by atoms with E-state index in [2.05, 4.69) is 15.6 Å². The predicted octanol–water partition coefficient (Wildman–Crippen LogP) is 1.15. The van der Waals surface area contributed by atoms with E-state index in [1.165, 1.54) is 6.26 Å². The number of aliphatic imine (C=N–C) groups is 1. The monoisotopic (exact) mass is 387 g/mol. The molecule has 9 heteroatoms. The number of methoxy groups -OCH3 is 1. The average Bonchev–Trinajstić information content (AvgIpc) is 2.60. The van der Waals surface area contributed by atoms with Gasteiger partial charge in [0, 0.05) is 51.7 Å². The lowest BCUT2D eigenvalue weighted by molar-refractivity contribution is 0.154. The normalized spacial score (nSPS) is 12.0. The molecule has 0 aromatic heterocycles. The topological polar surface area (TPSA) is 98.3 Å². The van der Waals surface area contributed by atoms with Crippen LogP contribution in [0.3, 0.4) is 0 Å². The van der Waals surface area contributed by atoms with Gasteiger partial charge in [-0.25, -0.2) is 8.42 Å². The fourth-order valence-corrected chi connectivity index (χ4v) is 2.35. The van der Waals surface area contributed by atoms with Gasteiger partial charge in [0.05, 0.1) is 25.6 Å². The molecule has 148 valence electrons. The van der Waals surface area contributed by atoms with Gasteiger partial charge >= 0.3 is 0 Å². The number of benzene rings is 1. The number of hydrogen-bond acceptors (Lipinski definition) is 6. The summed E-state index contributed by atoms with van der Waals surface area (Å²) in [6, 6.07) is 7.60. The minimum Gasteiger partial charge on any atom is -0.493 e. The molecule has 0 amide bonds. The number of anilines is 1. The van der Waals surface area contributed by atoms with Gasteiger partial charge in [0.2, 0.25) is 0 Å². The van der Waals surface area contributed by atoms with Crippen molar-refractivity contribution < 1.29 is 22.6 Å². The highest BCUT2D eigenvalue weighted by Crippen LogP contribution is 2.17. The number of ether oxygens (including phenoxy) is 3. The maximum atomic E-state index is 11.0. The minimum atomic E-state index is -2.99. The zero-order valence-electron chi connectivity index (χ0n) is 15.7. The van der Waals surface area contributed by atoms with Crippen LogP contribution in [0.2, 0.25) is 0 Å². The number of sulfone groups is 1. The van der Waals surface area contributed by atoms with Gasteiger partial charge in [-0.2, -0.15) is 0 Å². The molecule has 26 heavy (non-hydrogen) atoms. The van der Waals surface area contributed by atoms with Gasteiger partial charge in [-0.3, -0.25) is 4.99 Å². The highest BCUT2D eigenvalue weighted by molar-refractivity contribution is 7.90. The highest BCUT2D eigenvalue weighted by Gasteiger charge is 2.03. The van der Waals surface area contributed by atoms with Gasteiger partial charge in [0.15, 0.2) is 5.96 Å². The third kappa shape index (κ3) is 10.9. The Morgan fingerprint density at radius 3 is 2.69 bits per heavy atom. The van der Waals surface area contributed by atoms with Crippen LogP contribution >= 0.6 is 0 Å². The molecular formula is C17H29N3O5S. The lowest BCUT2D eigenvalue weighted by Crippen LogP contribution is -2.33. The van der Waals surface area contributed by atoms with Crippen LogP contribution < -0.4 is 15.4 Å². The molecule has 8 nitrogen and oxygen atoms in total. The van der Waals surface area contributed by atoms with Crippen molar-refractivity contribution in [3.8, 4) is 5.75 Å². The van der Waals surface area contributed by atoms with Crippen LogP contribution in [-0.2, 0) is 19.3 Å². The van der Waals surface area contributed by atoms with Crippen LogP contribution in [0, 0.1) is 0 Å². The smallest absolute Gasteiger partial charge is 0.195 e. The predicted molar refractivity (Wildman–Crippen MR) is 104 cm³/mol. The van der Waals surface area contributed by atoms with E-state index in [0.717, 1.165) is 17.9 Å². The first kappa shape index (κ1) is 22.2. The Hall–Kier alpha value is -1.84. The summed E-state index contributed by atoms with van der Waals surface area (Å²) in [5.41, 5.74) is 0.848. The maximum absolute atomic E-state index is 11.0. The molecule has 0 fully saturated rings. The molecule has 1 aromatic carbocycles. The van der Waals surface area contributed by atoms with Gasteiger partial charge in [0.25, 0.3) is 0 Å². The van der Waals surface area contributed by atoms with Gasteiger partial charge in [-0.05, 0) is 12.1 Å². The number of nitrogens with one attached hydrogen (secondary N) is 2. The zero-order chi connectivity index (χ0) is 19.3. The second kappa shape index (κ2) is 12.5. The lowest BCUT2D eigenvalue weighted by atomic mass is 10.3. The first-order valence-corrected chi connectivity index (χ1v) is 10.5. The average molecular weight is 388 g/mol. The molecule has 0 heterocycles. The van der Waals surface area contributed by atoms with Crippen molar-refractivity contribution in [1.29, 1.82) is 0 Å². The molecule has 0 spiro atoms. The third-order valence-corrected chi connectivity index (χ3v) is 4.13. The molecule has 0 aliphatic carbocycles. The number of nitrogens with zero attached hydrogens (tertiary/aromatic N) is 1. The van der Waals surface area contributed by atoms with E-state index >= 15 is 0 Å². The number of hydrogen-bond donors (Lipinski definition) is 2. The Bertz CT molecular complexity index is 650. The minimum absolute atomic E-state index is 0.0249. The SMILES string of the molecule is CN=C(NCCOCCS(C)(=O)=O)Nc1cccc(OCCCOC)c1. The van der Waals surface area contributed by atoms with Crippen LogP contribution in [0.1, 0.15) is 6.42 Å². The van der Waals surface area contributed by atoms with E-state index in [4.69, 9.17) is 14.2 Å². The summed E-state index contributed by atoms with van der Waals surface area (Å²) < 4.78 is 38.0. The molecule has 0 aliphatic heterocycles. The van der Waals surface area contributed by atoms with E-state index in [1.807, 2.05) is 24.3 Å². The lowest BCUT2D eigenvalue weighted by Gasteiger charge is -2.13. The van der Waals surface area contributed by atoms with Crippen molar-refractivity contribution in [1.82, 2.24) is 5.32 Å². The summed E-state index contributed by atoms with van der Waals surface area (Å²) in [7, 11) is 0.351. The summed E-state index contributed by atoms with van der Waals surface area (Å²) in [6.07, 6.45) is 2.02. The van der Waals surface area contributed by atoms with E-state index in [9.17, 15) is 8.42 Å². The van der Waals surface area contributed by atoms with Crippen LogP contribution in [0.5, 0.6) is 5.75 Å². The van der Waals surface area contributed by atoms with Crippen molar-refractivity contribution in [2.24, 2.45) is 4.99 Å². The molecule has 0 atom stereocenters. The van der Waals surface area contributed by atoms with Crippen molar-refractivity contribution in [2.75, 3.05) is 64.5 Å². The van der Waals surface area contributed by atoms with E-state index in [-0.39, 0.29) is 12.4 Å². The molecular weight excluding hydrogens is 358 g/mol. The molecule has 2 N–H and O–H groups in total. The standard InChI is InChI=1S/C17H29N3O5S/c1-18-17(19-8-11-24-12-13-26(3,21)22)20-15-6-4-7-16(14-15)25-10-5-9-23-2/h4,6-7,14H,5,8-13H2,1-3H3,(H2,18,19,20). The van der Waals surface area contributed by atoms with Gasteiger partial charge in [-0.1, -0.05) is 6.07 Å². The summed E-state index contributed by atoms with van der Waals surface area (Å²) in [4.78, 5) is 4.14. The largest absolute Gasteiger partial charge is 0.493 e. The summed E-state index contributed by atoms with van der Waals surface area (Å²) in [5, 5.41) is 6.27. The summed E-state index contributed by atoms with van der Waals surface area (Å²) in [5.74, 6) is 1.39. The molecule has 0 bridgehead atoms. The number of rotatable bonds is 12. The zero-order valence-corrected chi connectivity index (χ0v) is 16.5. The van der Waals surface area contributed by atoms with Crippen molar-refractivity contribution >= 4 is 21.5 Å². The Morgan fingerprint density at radius 1 is 1.19 bits per heavy atom. The van der Waals surface area contributed by atoms with Crippen molar-refractivity contribution in [2.45, 2.75) is 6.42 Å². The fourth-order valence-electron chi connectivity index (χ4n) is 1.93. The second-order valence-corrected chi connectivity index (χ2v) is 7.85. The fraction of sp³-hybridized carbons (Fsp3) is 0.588. The highest BCUT2D eigenvalue weighted by atomic mass is 32.2. The summed E-state index contributed by atoms with van der Waals surface area (Å²) >= 11 is 0. The van der Waals surface area contributed by atoms with Gasteiger partial charge in [-0.15, -0.1) is 0 Å². The van der Waals surface area contributed by atoms with E-state index in [1.54, 1.807) is 14.2 Å². The first-order chi connectivity index (χ1) is 12.4. The Kier molecular flexibility index (Phi) is 10.7. The molecule has 0 saturated heterocycles. The molecule has 1 rings (SSSR count). The maximum Gasteiger partial charge on any atom is 0.195 e. The van der Waals surface area contributed by atoms with Crippen molar-refractivity contribution in [3.05, 3.63) is 24.3 Å². The summed E-state index contributed by atoms with van der Waals surface area (Å²) in [6.45, 7) is 2.35. The van der Waals surface area contributed by atoms with Crippen LogP contribution in [0.4, 0.5) is 5.69 Å². The number of guanidine groups is 1. The van der Waals surface area contributed by atoms with Gasteiger partial charge in [0.1, 0.15) is 15.6 Å². The molecule has 0 radical (unpaired) electrons. The first-order valence-electron chi connectivity index (χ1n) is 8.39. The van der Waals surface area contributed by atoms with Crippen LogP contribution in [0.25, 0.3) is 0 Å². The Labute approximate surface area is 155 Å². The van der Waals surface area contributed by atoms with Gasteiger partial charge < -0.3 is 24.8 Å². The van der Waals surface area contributed by atoms with E-state index in [0.29, 0.717) is 32.3 Å². The molecule has 0 aliphatic rings. The molecule has 1 aromatic rings. The Balaban J connectivity index is 2.33. The van der Waals surface area contributed by atoms with Crippen molar-refractivity contribution in [3.63, 3.8) is 0 Å². The Morgan fingerprint density at radius 2 is 2.00 bits per heavy atom. The quantitative estimate of drug-likeness (QED) is 0.315. The molecule has 0 unspecified atom stereocenters.